The molecular weight excluding hydrogens is 559 g/mol. The molecule has 2 amide bonds. The van der Waals surface area contributed by atoms with Crippen LogP contribution >= 0.6 is 23.1 Å². The summed E-state index contributed by atoms with van der Waals surface area (Å²) in [4.78, 5) is 32.9. The van der Waals surface area contributed by atoms with Crippen LogP contribution in [0.5, 0.6) is 0 Å². The van der Waals surface area contributed by atoms with Crippen LogP contribution < -0.4 is 10.6 Å². The lowest BCUT2D eigenvalue weighted by molar-refractivity contribution is -0.126. The first-order valence-corrected chi connectivity index (χ1v) is 16.1. The second-order valence-corrected chi connectivity index (χ2v) is 12.9. The summed E-state index contributed by atoms with van der Waals surface area (Å²) in [5.74, 6) is -0.00908. The molecular formula is C35H29N3O2S2. The highest BCUT2D eigenvalue weighted by atomic mass is 32.2. The van der Waals surface area contributed by atoms with Crippen molar-refractivity contribution >= 4 is 45.7 Å². The monoisotopic (exact) mass is 587 g/mol. The van der Waals surface area contributed by atoms with Crippen molar-refractivity contribution < 1.29 is 9.59 Å². The van der Waals surface area contributed by atoms with Crippen LogP contribution in [-0.2, 0) is 4.79 Å². The Morgan fingerprint density at radius 3 is 2.19 bits per heavy atom. The molecule has 1 aromatic heterocycles. The van der Waals surface area contributed by atoms with Gasteiger partial charge in [0.25, 0.3) is 5.91 Å². The smallest absolute Gasteiger partial charge is 0.255 e. The van der Waals surface area contributed by atoms with E-state index in [4.69, 9.17) is 4.98 Å². The fraction of sp³-hybridized carbons (Fsp3) is 0.171. The third-order valence-corrected chi connectivity index (χ3v) is 10.1. The average molecular weight is 588 g/mol. The van der Waals surface area contributed by atoms with Crippen LogP contribution in [0.4, 0.5) is 10.8 Å². The number of carbonyl (C=O) groups excluding carboxylic acids is 2. The van der Waals surface area contributed by atoms with E-state index in [-0.39, 0.29) is 23.7 Å². The summed E-state index contributed by atoms with van der Waals surface area (Å²) in [5.41, 5.74) is 7.40. The van der Waals surface area contributed by atoms with E-state index in [1.54, 1.807) is 17.8 Å². The topological polar surface area (TPSA) is 71.1 Å². The summed E-state index contributed by atoms with van der Waals surface area (Å²) in [6, 6.07) is 32.3. The van der Waals surface area contributed by atoms with Crippen LogP contribution in [-0.4, -0.2) is 23.1 Å². The lowest BCUT2D eigenvalue weighted by atomic mass is 9.52. The fourth-order valence-electron chi connectivity index (χ4n) is 6.59. The molecule has 42 heavy (non-hydrogen) atoms. The van der Waals surface area contributed by atoms with Crippen molar-refractivity contribution in [2.24, 2.45) is 5.41 Å². The number of fused-ring (bicyclic) bond motifs is 1. The lowest BCUT2D eigenvalue weighted by Crippen LogP contribution is -2.47. The Labute approximate surface area is 253 Å². The highest BCUT2D eigenvalue weighted by molar-refractivity contribution is 7.98. The van der Waals surface area contributed by atoms with E-state index in [1.165, 1.54) is 33.6 Å². The van der Waals surface area contributed by atoms with E-state index in [1.807, 2.05) is 54.1 Å². The molecule has 0 fully saturated rings. The van der Waals surface area contributed by atoms with Gasteiger partial charge in [-0.3, -0.25) is 9.59 Å². The van der Waals surface area contributed by atoms with Gasteiger partial charge in [-0.15, -0.1) is 23.1 Å². The van der Waals surface area contributed by atoms with Gasteiger partial charge in [-0.25, -0.2) is 4.98 Å². The van der Waals surface area contributed by atoms with Gasteiger partial charge in [0.05, 0.1) is 11.1 Å². The molecule has 1 unspecified atom stereocenters. The number of rotatable bonds is 6. The number of thiazole rings is 1. The normalized spacial score (nSPS) is 20.0. The molecule has 2 bridgehead atoms. The summed E-state index contributed by atoms with van der Waals surface area (Å²) in [6.07, 6.45) is 2.78. The number of aromatic nitrogens is 1. The highest BCUT2D eigenvalue weighted by Gasteiger charge is 2.54. The van der Waals surface area contributed by atoms with Crippen molar-refractivity contribution in [3.05, 3.63) is 130 Å². The van der Waals surface area contributed by atoms with Gasteiger partial charge in [-0.05, 0) is 78.3 Å². The Morgan fingerprint density at radius 2 is 1.52 bits per heavy atom. The van der Waals surface area contributed by atoms with Crippen molar-refractivity contribution in [1.29, 1.82) is 0 Å². The third-order valence-electron chi connectivity index (χ3n) is 8.64. The Morgan fingerprint density at radius 1 is 0.857 bits per heavy atom. The molecule has 1 heterocycles. The van der Waals surface area contributed by atoms with Crippen LogP contribution in [0, 0.1) is 5.41 Å². The fourth-order valence-corrected chi connectivity index (χ4v) is 7.71. The summed E-state index contributed by atoms with van der Waals surface area (Å²) in [7, 11) is 0. The van der Waals surface area contributed by atoms with Crippen LogP contribution in [0.3, 0.4) is 0 Å². The van der Waals surface area contributed by atoms with Crippen LogP contribution in [0.1, 0.15) is 57.8 Å². The first-order valence-electron chi connectivity index (χ1n) is 13.9. The number of benzene rings is 4. The zero-order chi connectivity index (χ0) is 28.8. The number of carbonyl (C=O) groups is 2. The molecule has 7 heteroatoms. The minimum Gasteiger partial charge on any atom is -0.322 e. The van der Waals surface area contributed by atoms with Crippen LogP contribution in [0.15, 0.2) is 107 Å². The molecule has 0 aliphatic heterocycles. The summed E-state index contributed by atoms with van der Waals surface area (Å²) >= 11 is 3.06. The van der Waals surface area contributed by atoms with Crippen molar-refractivity contribution in [2.45, 2.75) is 30.1 Å². The standard InChI is InChI=1S/C35H29N3O2S2/c1-35(19-29-25-10-3-5-12-27(25)31(35)28-13-6-4-11-26(28)29)33(40)38-34-37-30(20-42-34)21-8-7-9-22(18-21)32(39)36-23-14-16-24(41-2)17-15-23/h3-18,20,29,31H,19H2,1-2H3,(H,36,39)(H,37,38,40). The number of amides is 2. The Kier molecular flexibility index (Phi) is 6.72. The van der Waals surface area contributed by atoms with Gasteiger partial charge < -0.3 is 10.6 Å². The number of hydrogen-bond acceptors (Lipinski definition) is 5. The Hall–Kier alpha value is -4.20. The molecule has 3 aliphatic carbocycles. The number of thioether (sulfide) groups is 1. The predicted octanol–water partition coefficient (Wildman–Crippen LogP) is 8.41. The third kappa shape index (κ3) is 4.53. The molecule has 3 aliphatic rings. The molecule has 0 spiro atoms. The van der Waals surface area contributed by atoms with Gasteiger partial charge in [-0.1, -0.05) is 60.7 Å². The number of nitrogens with zero attached hydrogens (tertiary/aromatic N) is 1. The van der Waals surface area contributed by atoms with Crippen molar-refractivity contribution in [3.63, 3.8) is 0 Å². The average Bonchev–Trinajstić information content (AvgIpc) is 3.50. The Bertz CT molecular complexity index is 1780. The molecule has 1 atom stereocenters. The Balaban J connectivity index is 1.11. The molecule has 208 valence electrons. The van der Waals surface area contributed by atoms with Crippen molar-refractivity contribution in [1.82, 2.24) is 4.98 Å². The van der Waals surface area contributed by atoms with E-state index in [2.05, 4.69) is 66.1 Å². The van der Waals surface area contributed by atoms with Gasteiger partial charge in [0.2, 0.25) is 5.91 Å². The first kappa shape index (κ1) is 26.7. The molecule has 0 saturated carbocycles. The van der Waals surface area contributed by atoms with E-state index < -0.39 is 5.41 Å². The predicted molar refractivity (Wildman–Crippen MR) is 172 cm³/mol. The molecule has 0 radical (unpaired) electrons. The quantitative estimate of drug-likeness (QED) is 0.196. The van der Waals surface area contributed by atoms with Gasteiger partial charge in [0.1, 0.15) is 0 Å². The lowest BCUT2D eigenvalue weighted by Gasteiger charge is -2.50. The van der Waals surface area contributed by atoms with Gasteiger partial charge in [-0.2, -0.15) is 0 Å². The summed E-state index contributed by atoms with van der Waals surface area (Å²) in [5, 5.41) is 8.60. The SMILES string of the molecule is CSc1ccc(NC(=O)c2cccc(-c3csc(NC(=O)C4(C)CC5c6ccccc6C4c4ccccc45)n3)c2)cc1. The summed E-state index contributed by atoms with van der Waals surface area (Å²) < 4.78 is 0. The summed E-state index contributed by atoms with van der Waals surface area (Å²) in [6.45, 7) is 2.09. The maximum atomic E-state index is 14.0. The van der Waals surface area contributed by atoms with Crippen LogP contribution in [0.25, 0.3) is 11.3 Å². The maximum Gasteiger partial charge on any atom is 0.255 e. The molecule has 8 rings (SSSR count). The minimum atomic E-state index is -0.606. The second kappa shape index (κ2) is 10.6. The molecule has 0 saturated heterocycles. The molecule has 4 aromatic carbocycles. The highest BCUT2D eigenvalue weighted by Crippen LogP contribution is 2.61. The second-order valence-electron chi connectivity index (χ2n) is 11.1. The van der Waals surface area contributed by atoms with Gasteiger partial charge >= 0.3 is 0 Å². The molecule has 5 aromatic rings. The van der Waals surface area contributed by atoms with E-state index in [9.17, 15) is 9.59 Å². The van der Waals surface area contributed by atoms with E-state index in [0.717, 1.165) is 28.3 Å². The number of anilines is 2. The zero-order valence-corrected chi connectivity index (χ0v) is 24.9. The van der Waals surface area contributed by atoms with E-state index in [0.29, 0.717) is 10.7 Å². The largest absolute Gasteiger partial charge is 0.322 e. The molecule has 2 N–H and O–H groups in total. The first-order chi connectivity index (χ1) is 20.4. The number of nitrogens with one attached hydrogen (secondary N) is 2. The minimum absolute atomic E-state index is 0.0111. The maximum absolute atomic E-state index is 14.0. The number of hydrogen-bond donors (Lipinski definition) is 2. The van der Waals surface area contributed by atoms with Crippen molar-refractivity contribution in [2.75, 3.05) is 16.9 Å². The van der Waals surface area contributed by atoms with Gasteiger partial charge in [0, 0.05) is 38.9 Å². The van der Waals surface area contributed by atoms with Crippen molar-refractivity contribution in [3.8, 4) is 11.3 Å². The van der Waals surface area contributed by atoms with E-state index >= 15 is 0 Å². The van der Waals surface area contributed by atoms with Gasteiger partial charge in [0.15, 0.2) is 5.13 Å². The van der Waals surface area contributed by atoms with Crippen LogP contribution in [0.2, 0.25) is 0 Å². The zero-order valence-electron chi connectivity index (χ0n) is 23.3. The molecule has 5 nitrogen and oxygen atoms in total.